The minimum atomic E-state index is -0.488. The van der Waals surface area contributed by atoms with Gasteiger partial charge in [-0.2, -0.15) is 0 Å². The zero-order valence-electron chi connectivity index (χ0n) is 12.1. The third-order valence-electron chi connectivity index (χ3n) is 3.37. The van der Waals surface area contributed by atoms with Gasteiger partial charge < -0.3 is 10.1 Å². The lowest BCUT2D eigenvalue weighted by atomic mass is 10.1. The maximum Gasteiger partial charge on any atom is 0.359 e. The number of hydrogen-bond donors (Lipinski definition) is 1. The van der Waals surface area contributed by atoms with Crippen molar-refractivity contribution in [2.75, 3.05) is 12.4 Å². The van der Waals surface area contributed by atoms with Crippen molar-refractivity contribution in [1.29, 1.82) is 0 Å². The number of nitrogens with one attached hydrogen (secondary N) is 1. The predicted molar refractivity (Wildman–Crippen MR) is 84.6 cm³/mol. The highest BCUT2D eigenvalue weighted by atomic mass is 16.5. The van der Waals surface area contributed by atoms with E-state index in [2.05, 4.69) is 15.5 Å². The van der Waals surface area contributed by atoms with E-state index < -0.39 is 5.97 Å². The zero-order chi connectivity index (χ0) is 15.4. The number of carbonyl (C=O) groups excluding carboxylic acids is 1. The molecule has 2 aromatic carbocycles. The SMILES string of the molecule is COC(=O)c1nnc(NCc2ccccc2)c2ccccc12. The number of anilines is 1. The molecule has 0 atom stereocenters. The molecule has 0 aliphatic rings. The molecule has 0 aliphatic carbocycles. The van der Waals surface area contributed by atoms with E-state index in [1.54, 1.807) is 0 Å². The van der Waals surface area contributed by atoms with Crippen LogP contribution in [0.5, 0.6) is 0 Å². The van der Waals surface area contributed by atoms with Crippen LogP contribution in [0.3, 0.4) is 0 Å². The maximum absolute atomic E-state index is 11.8. The second kappa shape index (κ2) is 6.22. The van der Waals surface area contributed by atoms with Crippen LogP contribution in [0.15, 0.2) is 54.6 Å². The second-order valence-electron chi connectivity index (χ2n) is 4.77. The van der Waals surface area contributed by atoms with Crippen LogP contribution in [-0.4, -0.2) is 23.3 Å². The quantitative estimate of drug-likeness (QED) is 0.749. The first-order valence-electron chi connectivity index (χ1n) is 6.91. The van der Waals surface area contributed by atoms with Gasteiger partial charge in [-0.05, 0) is 5.56 Å². The van der Waals surface area contributed by atoms with Gasteiger partial charge in [-0.25, -0.2) is 4.79 Å². The largest absolute Gasteiger partial charge is 0.464 e. The van der Waals surface area contributed by atoms with Gasteiger partial charge in [0.05, 0.1) is 7.11 Å². The van der Waals surface area contributed by atoms with Gasteiger partial charge in [0.15, 0.2) is 11.5 Å². The molecule has 0 fully saturated rings. The highest BCUT2D eigenvalue weighted by Crippen LogP contribution is 2.23. The molecule has 1 aromatic heterocycles. The number of hydrogen-bond acceptors (Lipinski definition) is 5. The Morgan fingerprint density at radius 2 is 1.68 bits per heavy atom. The molecule has 22 heavy (non-hydrogen) atoms. The van der Waals surface area contributed by atoms with Gasteiger partial charge in [0.25, 0.3) is 0 Å². The zero-order valence-corrected chi connectivity index (χ0v) is 12.1. The van der Waals surface area contributed by atoms with E-state index in [9.17, 15) is 4.79 Å². The fraction of sp³-hybridized carbons (Fsp3) is 0.118. The van der Waals surface area contributed by atoms with E-state index in [0.717, 1.165) is 16.3 Å². The van der Waals surface area contributed by atoms with Gasteiger partial charge in [-0.1, -0.05) is 54.6 Å². The topological polar surface area (TPSA) is 64.1 Å². The molecule has 0 aliphatic heterocycles. The predicted octanol–water partition coefficient (Wildman–Crippen LogP) is 3.03. The van der Waals surface area contributed by atoms with E-state index in [1.165, 1.54) is 7.11 Å². The van der Waals surface area contributed by atoms with Crippen molar-refractivity contribution in [2.24, 2.45) is 0 Å². The first-order valence-corrected chi connectivity index (χ1v) is 6.91. The Morgan fingerprint density at radius 3 is 2.41 bits per heavy atom. The first kappa shape index (κ1) is 14.0. The molecule has 0 amide bonds. The van der Waals surface area contributed by atoms with Gasteiger partial charge in [-0.3, -0.25) is 0 Å². The monoisotopic (exact) mass is 293 g/mol. The molecule has 0 saturated heterocycles. The summed E-state index contributed by atoms with van der Waals surface area (Å²) in [6.45, 7) is 0.636. The minimum Gasteiger partial charge on any atom is -0.464 e. The summed E-state index contributed by atoms with van der Waals surface area (Å²) in [6.07, 6.45) is 0. The Kier molecular flexibility index (Phi) is 3.96. The summed E-state index contributed by atoms with van der Waals surface area (Å²) in [5.41, 5.74) is 1.37. The van der Waals surface area contributed by atoms with Crippen LogP contribution in [0.2, 0.25) is 0 Å². The molecule has 5 heteroatoms. The van der Waals surface area contributed by atoms with Crippen LogP contribution < -0.4 is 5.32 Å². The number of fused-ring (bicyclic) bond motifs is 1. The third-order valence-corrected chi connectivity index (χ3v) is 3.37. The smallest absolute Gasteiger partial charge is 0.359 e. The number of aromatic nitrogens is 2. The molecular weight excluding hydrogens is 278 g/mol. The molecule has 0 saturated carbocycles. The van der Waals surface area contributed by atoms with Crippen LogP contribution in [0.25, 0.3) is 10.8 Å². The lowest BCUT2D eigenvalue weighted by Gasteiger charge is -2.10. The fourth-order valence-corrected chi connectivity index (χ4v) is 2.26. The summed E-state index contributed by atoms with van der Waals surface area (Å²) < 4.78 is 4.75. The highest BCUT2D eigenvalue weighted by molar-refractivity contribution is 6.05. The number of ether oxygens (including phenoxy) is 1. The Hall–Kier alpha value is -2.95. The van der Waals surface area contributed by atoms with E-state index in [4.69, 9.17) is 4.74 Å². The summed E-state index contributed by atoms with van der Waals surface area (Å²) in [4.78, 5) is 11.8. The molecular formula is C17H15N3O2. The average molecular weight is 293 g/mol. The summed E-state index contributed by atoms with van der Waals surface area (Å²) in [6, 6.07) is 17.5. The number of carbonyl (C=O) groups is 1. The van der Waals surface area contributed by atoms with Gasteiger partial charge in [0, 0.05) is 17.3 Å². The highest BCUT2D eigenvalue weighted by Gasteiger charge is 2.15. The van der Waals surface area contributed by atoms with Gasteiger partial charge >= 0.3 is 5.97 Å². The minimum absolute atomic E-state index is 0.225. The average Bonchev–Trinajstić information content (AvgIpc) is 2.60. The lowest BCUT2D eigenvalue weighted by Crippen LogP contribution is -2.10. The van der Waals surface area contributed by atoms with Crippen molar-refractivity contribution in [3.05, 3.63) is 65.9 Å². The molecule has 0 radical (unpaired) electrons. The van der Waals surface area contributed by atoms with E-state index in [0.29, 0.717) is 12.4 Å². The number of rotatable bonds is 4. The molecule has 5 nitrogen and oxygen atoms in total. The van der Waals surface area contributed by atoms with Crippen LogP contribution in [0, 0.1) is 0 Å². The Bertz CT molecular complexity index is 803. The normalized spacial score (nSPS) is 10.4. The summed E-state index contributed by atoms with van der Waals surface area (Å²) in [5.74, 6) is 0.158. The van der Waals surface area contributed by atoms with Gasteiger partial charge in [0.1, 0.15) is 0 Å². The van der Waals surface area contributed by atoms with Crippen molar-refractivity contribution >= 4 is 22.6 Å². The Balaban J connectivity index is 1.96. The molecule has 1 heterocycles. The van der Waals surface area contributed by atoms with Crippen LogP contribution >= 0.6 is 0 Å². The molecule has 110 valence electrons. The number of methoxy groups -OCH3 is 1. The van der Waals surface area contributed by atoms with Crippen molar-refractivity contribution in [1.82, 2.24) is 10.2 Å². The number of benzene rings is 2. The lowest BCUT2D eigenvalue weighted by molar-refractivity contribution is 0.0595. The van der Waals surface area contributed by atoms with E-state index in [1.807, 2.05) is 54.6 Å². The summed E-state index contributed by atoms with van der Waals surface area (Å²) >= 11 is 0. The first-order chi connectivity index (χ1) is 10.8. The Labute approximate surface area is 127 Å². The van der Waals surface area contributed by atoms with Crippen molar-refractivity contribution in [3.8, 4) is 0 Å². The van der Waals surface area contributed by atoms with Gasteiger partial charge in [0.2, 0.25) is 0 Å². The maximum atomic E-state index is 11.8. The molecule has 0 bridgehead atoms. The molecule has 0 spiro atoms. The van der Waals surface area contributed by atoms with E-state index >= 15 is 0 Å². The number of esters is 1. The van der Waals surface area contributed by atoms with Crippen LogP contribution in [0.1, 0.15) is 16.1 Å². The van der Waals surface area contributed by atoms with Crippen LogP contribution in [0.4, 0.5) is 5.82 Å². The standard InChI is InChI=1S/C17H15N3O2/c1-22-17(21)15-13-9-5-6-10-14(13)16(20-19-15)18-11-12-7-3-2-4-8-12/h2-10H,11H2,1H3,(H,18,20). The number of nitrogens with zero attached hydrogens (tertiary/aromatic N) is 2. The third kappa shape index (κ3) is 2.74. The van der Waals surface area contributed by atoms with Crippen molar-refractivity contribution < 1.29 is 9.53 Å². The van der Waals surface area contributed by atoms with E-state index in [-0.39, 0.29) is 5.69 Å². The summed E-state index contributed by atoms with van der Waals surface area (Å²) in [5, 5.41) is 13.0. The molecule has 3 rings (SSSR count). The van der Waals surface area contributed by atoms with Gasteiger partial charge in [-0.15, -0.1) is 10.2 Å². The van der Waals surface area contributed by atoms with Crippen LogP contribution in [-0.2, 0) is 11.3 Å². The summed E-state index contributed by atoms with van der Waals surface area (Å²) in [7, 11) is 1.33. The van der Waals surface area contributed by atoms with Crippen molar-refractivity contribution in [3.63, 3.8) is 0 Å². The van der Waals surface area contributed by atoms with Crippen molar-refractivity contribution in [2.45, 2.75) is 6.54 Å². The molecule has 0 unspecified atom stereocenters. The Morgan fingerprint density at radius 1 is 1.00 bits per heavy atom. The fourth-order valence-electron chi connectivity index (χ4n) is 2.26. The molecule has 1 N–H and O–H groups in total. The second-order valence-corrected chi connectivity index (χ2v) is 4.77. The molecule has 3 aromatic rings.